The molecule has 0 heterocycles. The molecule has 1 amide bonds. The summed E-state index contributed by atoms with van der Waals surface area (Å²) in [6.45, 7) is 5.30. The van der Waals surface area contributed by atoms with Crippen molar-refractivity contribution in [3.63, 3.8) is 0 Å². The van der Waals surface area contributed by atoms with E-state index in [0.29, 0.717) is 24.6 Å². The largest absolute Gasteiger partial charge is 0.489 e. The summed E-state index contributed by atoms with van der Waals surface area (Å²) < 4.78 is 6.48. The van der Waals surface area contributed by atoms with Gasteiger partial charge in [0.2, 0.25) is 0 Å². The minimum atomic E-state index is -0.0739. The fourth-order valence-corrected chi connectivity index (χ4v) is 2.44. The molecule has 0 aliphatic carbocycles. The maximum atomic E-state index is 12.1. The molecule has 0 saturated carbocycles. The SMILES string of the molecule is CC(C)CNC(=O)c1ccc(OCc2ccccc2)cc1Br. The van der Waals surface area contributed by atoms with Crippen molar-refractivity contribution in [3.8, 4) is 5.75 Å². The number of amides is 1. The van der Waals surface area contributed by atoms with Crippen LogP contribution in [0.15, 0.2) is 53.0 Å². The Morgan fingerprint density at radius 3 is 2.55 bits per heavy atom. The number of hydrogen-bond donors (Lipinski definition) is 1. The predicted molar refractivity (Wildman–Crippen MR) is 92.1 cm³/mol. The lowest BCUT2D eigenvalue weighted by atomic mass is 10.2. The van der Waals surface area contributed by atoms with E-state index in [9.17, 15) is 4.79 Å². The van der Waals surface area contributed by atoms with E-state index in [2.05, 4.69) is 35.1 Å². The summed E-state index contributed by atoms with van der Waals surface area (Å²) in [6.07, 6.45) is 0. The Labute approximate surface area is 139 Å². The molecule has 22 heavy (non-hydrogen) atoms. The second kappa shape index (κ2) is 7.99. The first kappa shape index (κ1) is 16.6. The highest BCUT2D eigenvalue weighted by molar-refractivity contribution is 9.10. The third-order valence-electron chi connectivity index (χ3n) is 3.10. The Balaban J connectivity index is 1.98. The number of hydrogen-bond acceptors (Lipinski definition) is 2. The van der Waals surface area contributed by atoms with Gasteiger partial charge in [0.15, 0.2) is 0 Å². The molecule has 2 rings (SSSR count). The van der Waals surface area contributed by atoms with Gasteiger partial charge in [-0.15, -0.1) is 0 Å². The van der Waals surface area contributed by atoms with Gasteiger partial charge in [-0.1, -0.05) is 44.2 Å². The van der Waals surface area contributed by atoms with E-state index in [1.807, 2.05) is 42.5 Å². The van der Waals surface area contributed by atoms with Crippen LogP contribution in [0.2, 0.25) is 0 Å². The van der Waals surface area contributed by atoms with Gasteiger partial charge in [-0.2, -0.15) is 0 Å². The summed E-state index contributed by atoms with van der Waals surface area (Å²) in [5, 5.41) is 2.91. The topological polar surface area (TPSA) is 38.3 Å². The maximum Gasteiger partial charge on any atom is 0.252 e. The number of rotatable bonds is 6. The summed E-state index contributed by atoms with van der Waals surface area (Å²) in [5.74, 6) is 1.09. The van der Waals surface area contributed by atoms with Crippen molar-refractivity contribution in [1.82, 2.24) is 5.32 Å². The molecule has 0 aliphatic heterocycles. The van der Waals surface area contributed by atoms with E-state index in [0.717, 1.165) is 15.8 Å². The summed E-state index contributed by atoms with van der Waals surface area (Å²) in [4.78, 5) is 12.1. The Morgan fingerprint density at radius 1 is 1.18 bits per heavy atom. The van der Waals surface area contributed by atoms with Crippen molar-refractivity contribution < 1.29 is 9.53 Å². The van der Waals surface area contributed by atoms with E-state index in [-0.39, 0.29) is 5.91 Å². The average molecular weight is 362 g/mol. The molecule has 2 aromatic carbocycles. The molecule has 4 heteroatoms. The number of nitrogens with one attached hydrogen (secondary N) is 1. The van der Waals surface area contributed by atoms with Gasteiger partial charge in [-0.05, 0) is 45.6 Å². The van der Waals surface area contributed by atoms with Gasteiger partial charge in [0.25, 0.3) is 5.91 Å². The molecule has 0 saturated heterocycles. The standard InChI is InChI=1S/C18H20BrNO2/c1-13(2)11-20-18(21)16-9-8-15(10-17(16)19)22-12-14-6-4-3-5-7-14/h3-10,13H,11-12H2,1-2H3,(H,20,21). The van der Waals surface area contributed by atoms with Crippen LogP contribution in [0.5, 0.6) is 5.75 Å². The summed E-state index contributed by atoms with van der Waals surface area (Å²) in [6, 6.07) is 15.4. The molecule has 0 fully saturated rings. The van der Waals surface area contributed by atoms with E-state index >= 15 is 0 Å². The zero-order valence-electron chi connectivity index (χ0n) is 12.8. The number of benzene rings is 2. The van der Waals surface area contributed by atoms with Gasteiger partial charge in [0, 0.05) is 11.0 Å². The number of carbonyl (C=O) groups excluding carboxylic acids is 1. The molecule has 2 aromatic rings. The van der Waals surface area contributed by atoms with Crippen molar-refractivity contribution in [1.29, 1.82) is 0 Å². The van der Waals surface area contributed by atoms with Crippen LogP contribution in [-0.4, -0.2) is 12.5 Å². The predicted octanol–water partition coefficient (Wildman–Crippen LogP) is 4.41. The van der Waals surface area contributed by atoms with E-state index < -0.39 is 0 Å². The third-order valence-corrected chi connectivity index (χ3v) is 3.76. The van der Waals surface area contributed by atoms with Crippen molar-refractivity contribution in [2.45, 2.75) is 20.5 Å². The number of halogens is 1. The van der Waals surface area contributed by atoms with Crippen LogP contribution in [0.4, 0.5) is 0 Å². The van der Waals surface area contributed by atoms with Crippen molar-refractivity contribution in [3.05, 3.63) is 64.1 Å². The first-order valence-electron chi connectivity index (χ1n) is 7.30. The summed E-state index contributed by atoms with van der Waals surface area (Å²) >= 11 is 3.44. The molecule has 0 atom stereocenters. The second-order valence-corrected chi connectivity index (χ2v) is 6.37. The van der Waals surface area contributed by atoms with Gasteiger partial charge >= 0.3 is 0 Å². The molecule has 1 N–H and O–H groups in total. The summed E-state index contributed by atoms with van der Waals surface area (Å²) in [5.41, 5.74) is 1.73. The fourth-order valence-electron chi connectivity index (χ4n) is 1.90. The van der Waals surface area contributed by atoms with E-state index in [1.54, 1.807) is 6.07 Å². The van der Waals surface area contributed by atoms with Crippen LogP contribution in [0.3, 0.4) is 0 Å². The molecular formula is C18H20BrNO2. The Hall–Kier alpha value is -1.81. The number of ether oxygens (including phenoxy) is 1. The molecule has 0 aliphatic rings. The highest BCUT2D eigenvalue weighted by atomic mass is 79.9. The lowest BCUT2D eigenvalue weighted by molar-refractivity contribution is 0.0948. The van der Waals surface area contributed by atoms with Crippen LogP contribution in [0.1, 0.15) is 29.8 Å². The molecular weight excluding hydrogens is 342 g/mol. The van der Waals surface area contributed by atoms with Crippen molar-refractivity contribution in [2.75, 3.05) is 6.54 Å². The molecule has 0 spiro atoms. The van der Waals surface area contributed by atoms with Crippen LogP contribution in [0, 0.1) is 5.92 Å². The molecule has 0 bridgehead atoms. The zero-order chi connectivity index (χ0) is 15.9. The van der Waals surface area contributed by atoms with Crippen molar-refractivity contribution in [2.24, 2.45) is 5.92 Å². The Bertz CT molecular complexity index is 626. The zero-order valence-corrected chi connectivity index (χ0v) is 14.4. The highest BCUT2D eigenvalue weighted by Crippen LogP contribution is 2.24. The minimum absolute atomic E-state index is 0.0739. The normalized spacial score (nSPS) is 10.5. The highest BCUT2D eigenvalue weighted by Gasteiger charge is 2.11. The van der Waals surface area contributed by atoms with Gasteiger partial charge in [-0.25, -0.2) is 0 Å². The maximum absolute atomic E-state index is 12.1. The van der Waals surface area contributed by atoms with Gasteiger partial charge in [0.1, 0.15) is 12.4 Å². The lowest BCUT2D eigenvalue weighted by Crippen LogP contribution is -2.27. The average Bonchev–Trinajstić information content (AvgIpc) is 2.51. The second-order valence-electron chi connectivity index (χ2n) is 5.52. The van der Waals surface area contributed by atoms with Crippen LogP contribution < -0.4 is 10.1 Å². The molecule has 116 valence electrons. The van der Waals surface area contributed by atoms with Gasteiger partial charge in [0.05, 0.1) is 5.56 Å². The lowest BCUT2D eigenvalue weighted by Gasteiger charge is -2.11. The molecule has 0 aromatic heterocycles. The van der Waals surface area contributed by atoms with Gasteiger partial charge in [-0.3, -0.25) is 4.79 Å². The smallest absolute Gasteiger partial charge is 0.252 e. The minimum Gasteiger partial charge on any atom is -0.489 e. The first-order valence-corrected chi connectivity index (χ1v) is 8.10. The van der Waals surface area contributed by atoms with Gasteiger partial charge < -0.3 is 10.1 Å². The quantitative estimate of drug-likeness (QED) is 0.827. The van der Waals surface area contributed by atoms with Crippen LogP contribution >= 0.6 is 15.9 Å². The summed E-state index contributed by atoms with van der Waals surface area (Å²) in [7, 11) is 0. The first-order chi connectivity index (χ1) is 10.6. The van der Waals surface area contributed by atoms with E-state index in [4.69, 9.17) is 4.74 Å². The molecule has 0 unspecified atom stereocenters. The van der Waals surface area contributed by atoms with E-state index in [1.165, 1.54) is 0 Å². The van der Waals surface area contributed by atoms with Crippen LogP contribution in [0.25, 0.3) is 0 Å². The third kappa shape index (κ3) is 4.88. The van der Waals surface area contributed by atoms with Crippen LogP contribution in [-0.2, 0) is 6.61 Å². The fraction of sp³-hybridized carbons (Fsp3) is 0.278. The van der Waals surface area contributed by atoms with Crippen molar-refractivity contribution >= 4 is 21.8 Å². The Morgan fingerprint density at radius 2 is 1.91 bits per heavy atom. The number of carbonyl (C=O) groups is 1. The molecule has 3 nitrogen and oxygen atoms in total. The Kier molecular flexibility index (Phi) is 6.01. The molecule has 0 radical (unpaired) electrons. The monoisotopic (exact) mass is 361 g/mol.